The van der Waals surface area contributed by atoms with Gasteiger partial charge in [-0.25, -0.2) is 0 Å². The smallest absolute Gasteiger partial charge is 0.151 e. The first-order valence-corrected chi connectivity index (χ1v) is 4.43. The highest BCUT2D eigenvalue weighted by Crippen LogP contribution is 2.03. The molecule has 0 aromatic heterocycles. The van der Waals surface area contributed by atoms with Gasteiger partial charge < -0.3 is 11.5 Å². The van der Waals surface area contributed by atoms with Crippen molar-refractivity contribution < 1.29 is 0 Å². The van der Waals surface area contributed by atoms with E-state index < -0.39 is 0 Å². The zero-order valence-corrected chi connectivity index (χ0v) is 6.91. The number of amidine groups is 1. The van der Waals surface area contributed by atoms with Crippen molar-refractivity contribution in [1.29, 1.82) is 5.41 Å². The molecule has 0 bridgehead atoms. The second-order valence-corrected chi connectivity index (χ2v) is 3.20. The summed E-state index contributed by atoms with van der Waals surface area (Å²) >= 11 is 1.40. The summed E-state index contributed by atoms with van der Waals surface area (Å²) in [6.45, 7) is 0.769. The molecule has 0 aliphatic carbocycles. The fourth-order valence-electron chi connectivity index (χ4n) is 0.605. The third kappa shape index (κ3) is 7.78. The Hall–Kier alpha value is -0.220. The molecule has 4 heteroatoms. The van der Waals surface area contributed by atoms with Crippen LogP contribution < -0.4 is 11.5 Å². The molecule has 0 rings (SSSR count). The summed E-state index contributed by atoms with van der Waals surface area (Å²) in [6.07, 6.45) is 3.34. The van der Waals surface area contributed by atoms with E-state index in [0.29, 0.717) is 0 Å². The van der Waals surface area contributed by atoms with Gasteiger partial charge in [-0.1, -0.05) is 18.2 Å². The Morgan fingerprint density at radius 3 is 2.50 bits per heavy atom. The summed E-state index contributed by atoms with van der Waals surface area (Å²) in [4.78, 5) is 0. The maximum Gasteiger partial charge on any atom is 0.151 e. The molecule has 0 radical (unpaired) electrons. The number of hydrogen-bond donors (Lipinski definition) is 3. The SMILES string of the molecule is N=C(N)SCCCCCN. The van der Waals surface area contributed by atoms with Crippen LogP contribution in [-0.2, 0) is 0 Å². The van der Waals surface area contributed by atoms with Crippen LogP contribution in [0.5, 0.6) is 0 Å². The number of nitrogens with one attached hydrogen (secondary N) is 1. The average molecular weight is 161 g/mol. The van der Waals surface area contributed by atoms with Gasteiger partial charge >= 0.3 is 0 Å². The fraction of sp³-hybridized carbons (Fsp3) is 0.833. The van der Waals surface area contributed by atoms with Crippen molar-refractivity contribution in [2.24, 2.45) is 11.5 Å². The van der Waals surface area contributed by atoms with Gasteiger partial charge in [0.15, 0.2) is 5.17 Å². The molecule has 0 unspecified atom stereocenters. The normalized spacial score (nSPS) is 9.70. The predicted molar refractivity (Wildman–Crippen MR) is 47.3 cm³/mol. The van der Waals surface area contributed by atoms with E-state index in [1.807, 2.05) is 0 Å². The second kappa shape index (κ2) is 6.89. The minimum absolute atomic E-state index is 0.216. The molecule has 0 amide bonds. The molecule has 0 aromatic rings. The monoisotopic (exact) mass is 161 g/mol. The minimum Gasteiger partial charge on any atom is -0.379 e. The molecule has 0 aromatic carbocycles. The number of nitrogens with two attached hydrogens (primary N) is 2. The minimum atomic E-state index is 0.216. The molecule has 5 N–H and O–H groups in total. The van der Waals surface area contributed by atoms with Gasteiger partial charge in [-0.05, 0) is 19.4 Å². The number of thioether (sulfide) groups is 1. The van der Waals surface area contributed by atoms with E-state index in [-0.39, 0.29) is 5.17 Å². The maximum absolute atomic E-state index is 6.89. The van der Waals surface area contributed by atoms with E-state index in [4.69, 9.17) is 16.9 Å². The van der Waals surface area contributed by atoms with Crippen LogP contribution in [0.15, 0.2) is 0 Å². The van der Waals surface area contributed by atoms with Crippen LogP contribution in [0.1, 0.15) is 19.3 Å². The van der Waals surface area contributed by atoms with Gasteiger partial charge in [-0.3, -0.25) is 5.41 Å². The largest absolute Gasteiger partial charge is 0.379 e. The van der Waals surface area contributed by atoms with Crippen LogP contribution in [0.3, 0.4) is 0 Å². The Balaban J connectivity index is 2.84. The molecular formula is C6H15N3S. The van der Waals surface area contributed by atoms with E-state index in [9.17, 15) is 0 Å². The van der Waals surface area contributed by atoms with Gasteiger partial charge in [-0.15, -0.1) is 0 Å². The summed E-state index contributed by atoms with van der Waals surface area (Å²) in [5.41, 5.74) is 10.4. The number of unbranched alkanes of at least 4 members (excludes halogenated alkanes) is 2. The van der Waals surface area contributed by atoms with E-state index in [1.54, 1.807) is 0 Å². The summed E-state index contributed by atoms with van der Waals surface area (Å²) in [5, 5.41) is 7.11. The zero-order valence-electron chi connectivity index (χ0n) is 6.10. The van der Waals surface area contributed by atoms with Crippen molar-refractivity contribution in [3.63, 3.8) is 0 Å². The predicted octanol–water partition coefficient (Wildman–Crippen LogP) is 0.742. The highest BCUT2D eigenvalue weighted by atomic mass is 32.2. The maximum atomic E-state index is 6.89. The third-order valence-corrected chi connectivity index (χ3v) is 1.91. The van der Waals surface area contributed by atoms with Gasteiger partial charge in [0, 0.05) is 5.75 Å². The van der Waals surface area contributed by atoms with Crippen LogP contribution in [-0.4, -0.2) is 17.5 Å². The molecule has 0 aliphatic rings. The average Bonchev–Trinajstić information content (AvgIpc) is 1.87. The number of hydrogen-bond acceptors (Lipinski definition) is 3. The molecule has 10 heavy (non-hydrogen) atoms. The van der Waals surface area contributed by atoms with Crippen LogP contribution >= 0.6 is 11.8 Å². The van der Waals surface area contributed by atoms with E-state index in [1.165, 1.54) is 11.8 Å². The lowest BCUT2D eigenvalue weighted by atomic mass is 10.2. The summed E-state index contributed by atoms with van der Waals surface area (Å²) in [5.74, 6) is 0.954. The van der Waals surface area contributed by atoms with Crippen molar-refractivity contribution in [2.45, 2.75) is 19.3 Å². The summed E-state index contributed by atoms with van der Waals surface area (Å²) < 4.78 is 0. The fourth-order valence-corrected chi connectivity index (χ4v) is 1.17. The first-order chi connectivity index (χ1) is 4.77. The molecule has 3 nitrogen and oxygen atoms in total. The Kier molecular flexibility index (Phi) is 6.74. The van der Waals surface area contributed by atoms with Crippen LogP contribution in [0.25, 0.3) is 0 Å². The highest BCUT2D eigenvalue weighted by molar-refractivity contribution is 8.13. The lowest BCUT2D eigenvalue weighted by Crippen LogP contribution is -2.04. The molecule has 0 spiro atoms. The van der Waals surface area contributed by atoms with Gasteiger partial charge in [0.1, 0.15) is 0 Å². The summed E-state index contributed by atoms with van der Waals surface area (Å²) in [7, 11) is 0. The van der Waals surface area contributed by atoms with Crippen molar-refractivity contribution in [3.05, 3.63) is 0 Å². The van der Waals surface area contributed by atoms with Crippen LogP contribution in [0.2, 0.25) is 0 Å². The lowest BCUT2D eigenvalue weighted by Gasteiger charge is -1.97. The van der Waals surface area contributed by atoms with Crippen LogP contribution in [0.4, 0.5) is 0 Å². The van der Waals surface area contributed by atoms with E-state index >= 15 is 0 Å². The third-order valence-electron chi connectivity index (χ3n) is 1.11. The Morgan fingerprint density at radius 2 is 2.00 bits per heavy atom. The van der Waals surface area contributed by atoms with E-state index in [0.717, 1.165) is 31.6 Å². The molecule has 0 atom stereocenters. The Labute approximate surface area is 66.1 Å². The van der Waals surface area contributed by atoms with Crippen molar-refractivity contribution in [1.82, 2.24) is 0 Å². The quantitative estimate of drug-likeness (QED) is 0.316. The standard InChI is InChI=1S/C6H15N3S/c7-4-2-1-3-5-10-6(8)9/h1-5,7H2,(H3,8,9). The molecular weight excluding hydrogens is 146 g/mol. The van der Waals surface area contributed by atoms with Crippen molar-refractivity contribution in [2.75, 3.05) is 12.3 Å². The molecule has 0 saturated carbocycles. The van der Waals surface area contributed by atoms with Gasteiger partial charge in [0.25, 0.3) is 0 Å². The molecule has 0 fully saturated rings. The molecule has 0 saturated heterocycles. The zero-order chi connectivity index (χ0) is 7.82. The first-order valence-electron chi connectivity index (χ1n) is 3.44. The first kappa shape index (κ1) is 9.78. The highest BCUT2D eigenvalue weighted by Gasteiger charge is 1.90. The van der Waals surface area contributed by atoms with Gasteiger partial charge in [0.2, 0.25) is 0 Å². The topological polar surface area (TPSA) is 75.9 Å². The molecule has 0 aliphatic heterocycles. The van der Waals surface area contributed by atoms with Gasteiger partial charge in [-0.2, -0.15) is 0 Å². The van der Waals surface area contributed by atoms with Crippen LogP contribution in [0, 0.1) is 5.41 Å². The second-order valence-electron chi connectivity index (χ2n) is 2.06. The summed E-state index contributed by atoms with van der Waals surface area (Å²) in [6, 6.07) is 0. The van der Waals surface area contributed by atoms with Crippen molar-refractivity contribution in [3.8, 4) is 0 Å². The van der Waals surface area contributed by atoms with Crippen molar-refractivity contribution >= 4 is 16.9 Å². The lowest BCUT2D eigenvalue weighted by molar-refractivity contribution is 0.733. The van der Waals surface area contributed by atoms with Gasteiger partial charge in [0.05, 0.1) is 0 Å². The molecule has 0 heterocycles. The Morgan fingerprint density at radius 1 is 1.30 bits per heavy atom. The van der Waals surface area contributed by atoms with E-state index in [2.05, 4.69) is 0 Å². The molecule has 60 valence electrons. The Bertz CT molecular complexity index is 95.0. The number of rotatable bonds is 5.